The molecule has 13 heavy (non-hydrogen) atoms. The van der Waals surface area contributed by atoms with Gasteiger partial charge in [0.15, 0.2) is 0 Å². The molecule has 0 fully saturated rings. The van der Waals surface area contributed by atoms with E-state index in [1.54, 1.807) is 12.1 Å². The third-order valence-electron chi connectivity index (χ3n) is 1.81. The van der Waals surface area contributed by atoms with Crippen molar-refractivity contribution in [1.82, 2.24) is 0 Å². The first kappa shape index (κ1) is 9.56. The maximum Gasteiger partial charge on any atom is 0.142 e. The van der Waals surface area contributed by atoms with Crippen molar-refractivity contribution in [3.8, 4) is 11.8 Å². The summed E-state index contributed by atoms with van der Waals surface area (Å²) in [5.74, 6) is 0.468. The molecule has 3 nitrogen and oxygen atoms in total. The number of aliphatic hydroxyl groups is 1. The van der Waals surface area contributed by atoms with E-state index in [2.05, 4.69) is 0 Å². The van der Waals surface area contributed by atoms with Crippen LogP contribution in [0.1, 0.15) is 16.7 Å². The van der Waals surface area contributed by atoms with Gasteiger partial charge < -0.3 is 9.84 Å². The van der Waals surface area contributed by atoms with Crippen molar-refractivity contribution >= 4 is 0 Å². The molecular weight excluding hydrogens is 166 g/mol. The van der Waals surface area contributed by atoms with Crippen LogP contribution in [0.25, 0.3) is 0 Å². The van der Waals surface area contributed by atoms with Crippen LogP contribution >= 0.6 is 0 Å². The average molecular weight is 177 g/mol. The second kappa shape index (κ2) is 3.92. The molecule has 1 aromatic carbocycles. The molecule has 0 aromatic heterocycles. The van der Waals surface area contributed by atoms with Gasteiger partial charge in [-0.3, -0.25) is 0 Å². The van der Waals surface area contributed by atoms with Crippen LogP contribution in [-0.4, -0.2) is 12.2 Å². The maximum absolute atomic E-state index is 9.00. The van der Waals surface area contributed by atoms with Crippen LogP contribution in [0.3, 0.4) is 0 Å². The quantitative estimate of drug-likeness (QED) is 0.742. The molecule has 1 rings (SSSR count). The second-order valence-electron chi connectivity index (χ2n) is 2.77. The number of nitrogens with zero attached hydrogens (tertiary/aromatic N) is 1. The fourth-order valence-corrected chi connectivity index (χ4v) is 1.29. The molecule has 0 saturated heterocycles. The van der Waals surface area contributed by atoms with Crippen molar-refractivity contribution in [3.05, 3.63) is 28.8 Å². The van der Waals surface area contributed by atoms with Gasteiger partial charge in [-0.1, -0.05) is 0 Å². The van der Waals surface area contributed by atoms with Crippen molar-refractivity contribution in [2.45, 2.75) is 13.5 Å². The molecule has 0 saturated carbocycles. The van der Waals surface area contributed by atoms with E-state index in [1.807, 2.05) is 13.0 Å². The van der Waals surface area contributed by atoms with Crippen molar-refractivity contribution in [2.24, 2.45) is 0 Å². The van der Waals surface area contributed by atoms with Gasteiger partial charge >= 0.3 is 0 Å². The average Bonchev–Trinajstić information content (AvgIpc) is 2.16. The topological polar surface area (TPSA) is 53.2 Å². The highest BCUT2D eigenvalue weighted by Crippen LogP contribution is 2.24. The Morgan fingerprint density at radius 2 is 2.23 bits per heavy atom. The molecule has 0 amide bonds. The first-order chi connectivity index (χ1) is 6.22. The highest BCUT2D eigenvalue weighted by molar-refractivity contribution is 5.50. The molecule has 0 heterocycles. The Bertz CT molecular complexity index is 353. The van der Waals surface area contributed by atoms with E-state index < -0.39 is 0 Å². The fraction of sp³-hybridized carbons (Fsp3) is 0.300. The largest absolute Gasteiger partial charge is 0.495 e. The molecule has 0 unspecified atom stereocenters. The lowest BCUT2D eigenvalue weighted by Crippen LogP contribution is -1.96. The first-order valence-corrected chi connectivity index (χ1v) is 3.91. The van der Waals surface area contributed by atoms with E-state index >= 15 is 0 Å². The number of benzene rings is 1. The number of nitriles is 1. The van der Waals surface area contributed by atoms with Crippen molar-refractivity contribution in [2.75, 3.05) is 7.11 Å². The van der Waals surface area contributed by atoms with Gasteiger partial charge in [0.05, 0.1) is 19.3 Å². The number of rotatable bonds is 2. The molecular formula is C10H11NO2. The SMILES string of the molecule is COc1c(C#N)cc(C)cc1CO. The molecule has 0 aliphatic heterocycles. The van der Waals surface area contributed by atoms with Gasteiger partial charge in [-0.05, 0) is 24.6 Å². The number of aliphatic hydroxyl groups excluding tert-OH is 1. The molecule has 0 atom stereocenters. The van der Waals surface area contributed by atoms with E-state index in [-0.39, 0.29) is 6.61 Å². The van der Waals surface area contributed by atoms with Gasteiger partial charge in [0.2, 0.25) is 0 Å². The van der Waals surface area contributed by atoms with E-state index in [0.717, 1.165) is 5.56 Å². The number of ether oxygens (including phenoxy) is 1. The summed E-state index contributed by atoms with van der Waals surface area (Å²) in [6.07, 6.45) is 0. The number of methoxy groups -OCH3 is 1. The first-order valence-electron chi connectivity index (χ1n) is 3.91. The minimum atomic E-state index is -0.112. The summed E-state index contributed by atoms with van der Waals surface area (Å²) in [6.45, 7) is 1.76. The summed E-state index contributed by atoms with van der Waals surface area (Å²) in [4.78, 5) is 0. The predicted molar refractivity (Wildman–Crippen MR) is 48.4 cm³/mol. The zero-order chi connectivity index (χ0) is 9.84. The summed E-state index contributed by atoms with van der Waals surface area (Å²) in [5, 5.41) is 17.8. The van der Waals surface area contributed by atoms with Crippen LogP contribution in [-0.2, 0) is 6.61 Å². The molecule has 1 aromatic rings. The van der Waals surface area contributed by atoms with E-state index in [0.29, 0.717) is 16.9 Å². The Kier molecular flexibility index (Phi) is 2.88. The van der Waals surface area contributed by atoms with Gasteiger partial charge in [-0.25, -0.2) is 0 Å². The molecule has 0 aliphatic carbocycles. The summed E-state index contributed by atoms with van der Waals surface area (Å²) in [5.41, 5.74) is 2.06. The second-order valence-corrected chi connectivity index (χ2v) is 2.77. The fourth-order valence-electron chi connectivity index (χ4n) is 1.29. The van der Waals surface area contributed by atoms with Crippen LogP contribution < -0.4 is 4.74 Å². The normalized spacial score (nSPS) is 9.38. The van der Waals surface area contributed by atoms with E-state index in [1.165, 1.54) is 7.11 Å². The highest BCUT2D eigenvalue weighted by atomic mass is 16.5. The van der Waals surface area contributed by atoms with Crippen LogP contribution in [0.4, 0.5) is 0 Å². The lowest BCUT2D eigenvalue weighted by atomic mass is 10.1. The zero-order valence-corrected chi connectivity index (χ0v) is 7.66. The van der Waals surface area contributed by atoms with Gasteiger partial charge in [0, 0.05) is 5.56 Å². The molecule has 0 aliphatic rings. The Balaban J connectivity index is 3.36. The molecule has 1 N–H and O–H groups in total. The molecule has 0 spiro atoms. The smallest absolute Gasteiger partial charge is 0.142 e. The van der Waals surface area contributed by atoms with Crippen LogP contribution in [0.2, 0.25) is 0 Å². The summed E-state index contributed by atoms with van der Waals surface area (Å²) in [7, 11) is 1.49. The number of aryl methyl sites for hydroxylation is 1. The summed E-state index contributed by atoms with van der Waals surface area (Å²) in [6, 6.07) is 5.57. The maximum atomic E-state index is 9.00. The Morgan fingerprint density at radius 3 is 2.69 bits per heavy atom. The van der Waals surface area contributed by atoms with Gasteiger partial charge in [0.25, 0.3) is 0 Å². The number of hydrogen-bond donors (Lipinski definition) is 1. The number of hydrogen-bond acceptors (Lipinski definition) is 3. The Hall–Kier alpha value is -1.53. The van der Waals surface area contributed by atoms with Gasteiger partial charge in [-0.15, -0.1) is 0 Å². The minimum Gasteiger partial charge on any atom is -0.495 e. The lowest BCUT2D eigenvalue weighted by Gasteiger charge is -2.08. The third-order valence-corrected chi connectivity index (χ3v) is 1.81. The highest BCUT2D eigenvalue weighted by Gasteiger charge is 2.08. The molecule has 68 valence electrons. The summed E-state index contributed by atoms with van der Waals surface area (Å²) < 4.78 is 5.03. The van der Waals surface area contributed by atoms with Crippen LogP contribution in [0, 0.1) is 18.3 Å². The van der Waals surface area contributed by atoms with E-state index in [9.17, 15) is 0 Å². The lowest BCUT2D eigenvalue weighted by molar-refractivity contribution is 0.273. The van der Waals surface area contributed by atoms with Gasteiger partial charge in [-0.2, -0.15) is 5.26 Å². The minimum absolute atomic E-state index is 0.112. The summed E-state index contributed by atoms with van der Waals surface area (Å²) >= 11 is 0. The Labute approximate surface area is 77.2 Å². The van der Waals surface area contributed by atoms with Crippen LogP contribution in [0.15, 0.2) is 12.1 Å². The van der Waals surface area contributed by atoms with Crippen LogP contribution in [0.5, 0.6) is 5.75 Å². The zero-order valence-electron chi connectivity index (χ0n) is 7.66. The predicted octanol–water partition coefficient (Wildman–Crippen LogP) is 1.37. The van der Waals surface area contributed by atoms with E-state index in [4.69, 9.17) is 15.1 Å². The van der Waals surface area contributed by atoms with Crippen molar-refractivity contribution in [3.63, 3.8) is 0 Å². The standard InChI is InChI=1S/C10H11NO2/c1-7-3-8(5-11)10(13-2)9(4-7)6-12/h3-4,12H,6H2,1-2H3. The van der Waals surface area contributed by atoms with Gasteiger partial charge in [0.1, 0.15) is 11.8 Å². The molecule has 3 heteroatoms. The third kappa shape index (κ3) is 1.79. The molecule has 0 radical (unpaired) electrons. The Morgan fingerprint density at radius 1 is 1.54 bits per heavy atom. The van der Waals surface area contributed by atoms with Crippen molar-refractivity contribution < 1.29 is 9.84 Å². The van der Waals surface area contributed by atoms with Crippen molar-refractivity contribution in [1.29, 1.82) is 5.26 Å². The monoisotopic (exact) mass is 177 g/mol. The molecule has 0 bridgehead atoms.